The van der Waals surface area contributed by atoms with Crippen LogP contribution in [0, 0.1) is 0 Å². The summed E-state index contributed by atoms with van der Waals surface area (Å²) >= 11 is 0. The van der Waals surface area contributed by atoms with E-state index < -0.39 is 18.1 Å². The molecule has 1 aromatic carbocycles. The second kappa shape index (κ2) is 4.73. The number of carbonyl (C=O) groups excluding carboxylic acids is 1. The zero-order valence-corrected chi connectivity index (χ0v) is 10.6. The second-order valence-electron chi connectivity index (χ2n) is 4.94. The molecule has 20 heavy (non-hydrogen) atoms. The molecule has 3 N–H and O–H groups in total. The molecule has 0 saturated carbocycles. The lowest BCUT2D eigenvalue weighted by molar-refractivity contribution is 0.0572. The molecule has 0 aliphatic carbocycles. The van der Waals surface area contributed by atoms with E-state index >= 15 is 0 Å². The molecule has 1 saturated heterocycles. The summed E-state index contributed by atoms with van der Waals surface area (Å²) in [5, 5.41) is 20.1. The number of benzene rings is 1. The monoisotopic (exact) mass is 274 g/mol. The average Bonchev–Trinajstić information content (AvgIpc) is 2.78. The molecule has 104 valence electrons. The molecule has 6 heteroatoms. The Morgan fingerprint density at radius 3 is 2.55 bits per heavy atom. The number of pyridine rings is 1. The van der Waals surface area contributed by atoms with Crippen molar-refractivity contribution in [1.29, 1.82) is 0 Å². The molecule has 0 bridgehead atoms. The van der Waals surface area contributed by atoms with Gasteiger partial charge in [-0.15, -0.1) is 0 Å². The lowest BCUT2D eigenvalue weighted by Crippen LogP contribution is -2.31. The van der Waals surface area contributed by atoms with Crippen molar-refractivity contribution in [2.75, 3.05) is 13.1 Å². The van der Waals surface area contributed by atoms with Crippen LogP contribution in [-0.4, -0.2) is 51.3 Å². The van der Waals surface area contributed by atoms with E-state index in [4.69, 9.17) is 0 Å². The summed E-state index contributed by atoms with van der Waals surface area (Å²) < 4.78 is 0. The number of H-pyrrole nitrogens is 1. The smallest absolute Gasteiger partial charge is 0.270 e. The van der Waals surface area contributed by atoms with Crippen LogP contribution in [0.3, 0.4) is 0 Å². The van der Waals surface area contributed by atoms with E-state index in [1.54, 1.807) is 30.3 Å². The minimum absolute atomic E-state index is 0.0643. The number of fused-ring (bicyclic) bond motifs is 1. The summed E-state index contributed by atoms with van der Waals surface area (Å²) in [5.74, 6) is -0.400. The number of aliphatic hydroxyl groups is 2. The minimum Gasteiger partial charge on any atom is -0.388 e. The van der Waals surface area contributed by atoms with Crippen molar-refractivity contribution in [1.82, 2.24) is 9.88 Å². The maximum atomic E-state index is 12.3. The highest BCUT2D eigenvalue weighted by molar-refractivity contribution is 5.96. The molecule has 2 aromatic rings. The number of hydrogen-bond acceptors (Lipinski definition) is 4. The first-order chi connectivity index (χ1) is 9.56. The van der Waals surface area contributed by atoms with Gasteiger partial charge in [-0.25, -0.2) is 0 Å². The van der Waals surface area contributed by atoms with Crippen LogP contribution in [0.25, 0.3) is 10.8 Å². The van der Waals surface area contributed by atoms with Gasteiger partial charge >= 0.3 is 0 Å². The summed E-state index contributed by atoms with van der Waals surface area (Å²) in [5.41, 5.74) is -0.165. The van der Waals surface area contributed by atoms with Crippen molar-refractivity contribution >= 4 is 16.7 Å². The largest absolute Gasteiger partial charge is 0.388 e. The van der Waals surface area contributed by atoms with Crippen LogP contribution in [0.4, 0.5) is 0 Å². The highest BCUT2D eigenvalue weighted by Crippen LogP contribution is 2.15. The van der Waals surface area contributed by atoms with Crippen molar-refractivity contribution in [2.24, 2.45) is 0 Å². The number of amides is 1. The maximum Gasteiger partial charge on any atom is 0.270 e. The van der Waals surface area contributed by atoms with Crippen LogP contribution >= 0.6 is 0 Å². The fourth-order valence-electron chi connectivity index (χ4n) is 2.43. The molecule has 1 aromatic heterocycles. The molecular formula is C14H14N2O4. The molecule has 3 rings (SSSR count). The summed E-state index contributed by atoms with van der Waals surface area (Å²) in [6.45, 7) is 0.129. The van der Waals surface area contributed by atoms with Gasteiger partial charge in [0.1, 0.15) is 5.69 Å². The maximum absolute atomic E-state index is 12.3. The number of aromatic amines is 1. The molecule has 2 heterocycles. The van der Waals surface area contributed by atoms with Gasteiger partial charge in [-0.1, -0.05) is 18.2 Å². The van der Waals surface area contributed by atoms with Gasteiger partial charge in [0.2, 0.25) is 0 Å². The van der Waals surface area contributed by atoms with Gasteiger partial charge in [0.05, 0.1) is 12.2 Å². The number of β-amino-alcohol motifs (C(OH)–C–C–N with tert-alkyl or cyclic N) is 2. The van der Waals surface area contributed by atoms with Crippen molar-refractivity contribution in [3.8, 4) is 0 Å². The van der Waals surface area contributed by atoms with Crippen molar-refractivity contribution in [2.45, 2.75) is 12.2 Å². The van der Waals surface area contributed by atoms with Crippen molar-refractivity contribution in [3.05, 3.63) is 46.4 Å². The first-order valence-electron chi connectivity index (χ1n) is 6.34. The third kappa shape index (κ3) is 2.09. The van der Waals surface area contributed by atoms with E-state index in [0.29, 0.717) is 10.8 Å². The third-order valence-electron chi connectivity index (χ3n) is 3.53. The summed E-state index contributed by atoms with van der Waals surface area (Å²) in [6.07, 6.45) is -1.88. The van der Waals surface area contributed by atoms with E-state index in [1.165, 1.54) is 4.90 Å². The van der Waals surface area contributed by atoms with E-state index in [1.807, 2.05) is 0 Å². The zero-order chi connectivity index (χ0) is 14.3. The number of nitrogens with one attached hydrogen (secondary N) is 1. The van der Waals surface area contributed by atoms with Crippen LogP contribution in [0.2, 0.25) is 0 Å². The lowest BCUT2D eigenvalue weighted by Gasteiger charge is -2.15. The average molecular weight is 274 g/mol. The Balaban J connectivity index is 1.98. The SMILES string of the molecule is O=C(c1cc2ccccc2c(=O)[nH]1)N1C[C@@H](O)[C@@H](O)C1. The van der Waals surface area contributed by atoms with Gasteiger partial charge in [0.15, 0.2) is 0 Å². The molecular weight excluding hydrogens is 260 g/mol. The van der Waals surface area contributed by atoms with Gasteiger partial charge in [-0.3, -0.25) is 9.59 Å². The van der Waals surface area contributed by atoms with E-state index in [0.717, 1.165) is 0 Å². The molecule has 0 radical (unpaired) electrons. The fourth-order valence-corrected chi connectivity index (χ4v) is 2.43. The normalized spacial score (nSPS) is 22.4. The molecule has 0 unspecified atom stereocenters. The summed E-state index contributed by atoms with van der Waals surface area (Å²) in [7, 11) is 0. The number of carbonyl (C=O) groups is 1. The second-order valence-corrected chi connectivity index (χ2v) is 4.94. The number of likely N-dealkylation sites (tertiary alicyclic amines) is 1. The number of rotatable bonds is 1. The topological polar surface area (TPSA) is 93.6 Å². The summed E-state index contributed by atoms with van der Waals surface area (Å²) in [6, 6.07) is 8.60. The molecule has 6 nitrogen and oxygen atoms in total. The third-order valence-corrected chi connectivity index (χ3v) is 3.53. The molecule has 1 fully saturated rings. The number of aliphatic hydroxyl groups excluding tert-OH is 2. The van der Waals surface area contributed by atoms with Gasteiger partial charge in [0, 0.05) is 18.5 Å². The highest BCUT2D eigenvalue weighted by atomic mass is 16.3. The van der Waals surface area contributed by atoms with Gasteiger partial charge in [-0.05, 0) is 17.5 Å². The van der Waals surface area contributed by atoms with Crippen molar-refractivity contribution < 1.29 is 15.0 Å². The lowest BCUT2D eigenvalue weighted by atomic mass is 10.1. The van der Waals surface area contributed by atoms with E-state index in [9.17, 15) is 19.8 Å². The fraction of sp³-hybridized carbons (Fsp3) is 0.286. The minimum atomic E-state index is -0.939. The van der Waals surface area contributed by atoms with Crippen LogP contribution in [0.15, 0.2) is 35.1 Å². The van der Waals surface area contributed by atoms with Crippen molar-refractivity contribution in [3.63, 3.8) is 0 Å². The van der Waals surface area contributed by atoms with Crippen LogP contribution in [0.1, 0.15) is 10.5 Å². The van der Waals surface area contributed by atoms with Crippen LogP contribution < -0.4 is 5.56 Å². The first-order valence-corrected chi connectivity index (χ1v) is 6.34. The van der Waals surface area contributed by atoms with Gasteiger partial charge < -0.3 is 20.1 Å². The Bertz CT molecular complexity index is 714. The Kier molecular flexibility index (Phi) is 3.04. The van der Waals surface area contributed by atoms with Crippen LogP contribution in [-0.2, 0) is 0 Å². The molecule has 1 aliphatic heterocycles. The predicted molar refractivity (Wildman–Crippen MR) is 72.5 cm³/mol. The highest BCUT2D eigenvalue weighted by Gasteiger charge is 2.33. The van der Waals surface area contributed by atoms with E-state index in [-0.39, 0.29) is 24.3 Å². The Labute approximate surface area is 114 Å². The predicted octanol–water partition coefficient (Wildman–Crippen LogP) is -0.294. The first kappa shape index (κ1) is 12.8. The number of hydrogen-bond donors (Lipinski definition) is 3. The molecule has 1 amide bonds. The Morgan fingerprint density at radius 1 is 1.20 bits per heavy atom. The molecule has 0 spiro atoms. The standard InChI is InChI=1S/C14H14N2O4/c17-11-6-16(7-12(11)18)14(20)10-5-8-3-1-2-4-9(8)13(19)15-10/h1-5,11-12,17-18H,6-7H2,(H,15,19)/t11-,12+. The molecule has 2 atom stereocenters. The summed E-state index contributed by atoms with van der Waals surface area (Å²) in [4.78, 5) is 28.1. The molecule has 1 aliphatic rings. The quantitative estimate of drug-likeness (QED) is 0.666. The number of nitrogens with zero attached hydrogens (tertiary/aromatic N) is 1. The van der Waals surface area contributed by atoms with Gasteiger partial charge in [0.25, 0.3) is 11.5 Å². The number of aromatic nitrogens is 1. The zero-order valence-electron chi connectivity index (χ0n) is 10.6. The van der Waals surface area contributed by atoms with Crippen LogP contribution in [0.5, 0.6) is 0 Å². The Morgan fingerprint density at radius 2 is 1.85 bits per heavy atom. The Hall–Kier alpha value is -2.18. The van der Waals surface area contributed by atoms with Gasteiger partial charge in [-0.2, -0.15) is 0 Å². The van der Waals surface area contributed by atoms with E-state index in [2.05, 4.69) is 4.98 Å².